The van der Waals surface area contributed by atoms with Crippen LogP contribution in [0.2, 0.25) is 5.02 Å². The van der Waals surface area contributed by atoms with E-state index in [1.807, 2.05) is 49.4 Å². The predicted octanol–water partition coefficient (Wildman–Crippen LogP) is 5.51. The molecule has 0 radical (unpaired) electrons. The van der Waals surface area contributed by atoms with Crippen molar-refractivity contribution >= 4 is 34.8 Å². The van der Waals surface area contributed by atoms with Crippen molar-refractivity contribution in [3.05, 3.63) is 99.8 Å². The molecule has 0 aliphatic carbocycles. The van der Waals surface area contributed by atoms with E-state index in [-0.39, 0.29) is 11.5 Å². The monoisotopic (exact) mass is 393 g/mol. The number of para-hydroxylation sites is 1. The van der Waals surface area contributed by atoms with E-state index in [9.17, 15) is 9.90 Å². The number of anilines is 2. The Morgan fingerprint density at radius 3 is 2.46 bits per heavy atom. The van der Waals surface area contributed by atoms with E-state index in [1.54, 1.807) is 24.3 Å². The maximum absolute atomic E-state index is 12.8. The van der Waals surface area contributed by atoms with Crippen LogP contribution in [0.25, 0.3) is 6.08 Å². The van der Waals surface area contributed by atoms with Crippen LogP contribution in [0.1, 0.15) is 27.0 Å². The van der Waals surface area contributed by atoms with E-state index < -0.39 is 6.61 Å². The molecular weight excluding hydrogens is 374 g/mol. The van der Waals surface area contributed by atoms with Gasteiger partial charge in [0.2, 0.25) is 0 Å². The molecule has 0 spiro atoms. The third-order valence-electron chi connectivity index (χ3n) is 4.33. The quantitative estimate of drug-likeness (QED) is 0.381. The maximum atomic E-state index is 12.8. The summed E-state index contributed by atoms with van der Waals surface area (Å²) in [4.78, 5) is 12.8. The summed E-state index contributed by atoms with van der Waals surface area (Å²) in [5, 5.41) is 22.2. The Kier molecular flexibility index (Phi) is 6.14. The first-order valence-corrected chi connectivity index (χ1v) is 9.13. The Bertz CT molecular complexity index is 1040. The smallest absolute Gasteiger partial charge is 0.194 e. The number of hydrogen-bond acceptors (Lipinski definition) is 4. The van der Waals surface area contributed by atoms with Gasteiger partial charge >= 0.3 is 0 Å². The number of halogens is 1. The number of carbonyl (C=O) groups is 1. The maximum Gasteiger partial charge on any atom is 0.194 e. The minimum Gasteiger partial charge on any atom is -0.510 e. The third-order valence-corrected chi connectivity index (χ3v) is 4.64. The van der Waals surface area contributed by atoms with Crippen molar-refractivity contribution in [3.63, 3.8) is 0 Å². The number of benzene rings is 3. The van der Waals surface area contributed by atoms with Crippen LogP contribution < -0.4 is 5.32 Å². The fraction of sp³-hybridized carbons (Fsp3) is 0.0870. The highest BCUT2D eigenvalue weighted by Gasteiger charge is 2.15. The minimum atomic E-state index is -0.435. The van der Waals surface area contributed by atoms with Crippen LogP contribution in [0.5, 0.6) is 0 Å². The Hall–Kier alpha value is -3.08. The van der Waals surface area contributed by atoms with Crippen LogP contribution in [-0.2, 0) is 0 Å². The van der Waals surface area contributed by atoms with Gasteiger partial charge in [-0.25, -0.2) is 0 Å². The van der Waals surface area contributed by atoms with E-state index in [2.05, 4.69) is 5.32 Å². The van der Waals surface area contributed by atoms with Crippen molar-refractivity contribution in [1.82, 2.24) is 0 Å². The number of carbonyl (C=O) groups excluding carboxylic acids is 1. The molecule has 3 rings (SSSR count). The molecule has 3 aromatic carbocycles. The van der Waals surface area contributed by atoms with Gasteiger partial charge in [0.1, 0.15) is 12.4 Å². The number of rotatable bonds is 6. The van der Waals surface area contributed by atoms with Crippen molar-refractivity contribution < 1.29 is 15.0 Å². The molecule has 0 saturated carbocycles. The predicted molar refractivity (Wildman–Crippen MR) is 113 cm³/mol. The lowest BCUT2D eigenvalue weighted by Gasteiger charge is -2.12. The first-order valence-electron chi connectivity index (χ1n) is 8.76. The summed E-state index contributed by atoms with van der Waals surface area (Å²) >= 11 is 6.39. The van der Waals surface area contributed by atoms with Crippen LogP contribution >= 0.6 is 11.6 Å². The largest absolute Gasteiger partial charge is 0.510 e. The topological polar surface area (TPSA) is 69.6 Å². The zero-order valence-electron chi connectivity index (χ0n) is 15.3. The second-order valence-electron chi connectivity index (χ2n) is 6.34. The lowest BCUT2D eigenvalue weighted by molar-refractivity contribution is 0.103. The zero-order chi connectivity index (χ0) is 20.1. The van der Waals surface area contributed by atoms with Crippen LogP contribution in [0.15, 0.2) is 72.5 Å². The average Bonchev–Trinajstić information content (AvgIpc) is 2.69. The number of ketones is 1. The van der Waals surface area contributed by atoms with E-state index in [0.29, 0.717) is 27.4 Å². The number of nitrogens with one attached hydrogen (secondary N) is 1. The van der Waals surface area contributed by atoms with Crippen molar-refractivity contribution in [3.8, 4) is 0 Å². The molecule has 28 heavy (non-hydrogen) atoms. The zero-order valence-corrected chi connectivity index (χ0v) is 16.1. The molecule has 3 N–H and O–H groups in total. The van der Waals surface area contributed by atoms with Gasteiger partial charge in [0.05, 0.1) is 5.02 Å². The van der Waals surface area contributed by atoms with Gasteiger partial charge in [0.15, 0.2) is 5.78 Å². The average molecular weight is 394 g/mol. The minimum absolute atomic E-state index is 0.120. The fourth-order valence-electron chi connectivity index (χ4n) is 2.87. The molecule has 0 bridgehead atoms. The highest BCUT2D eigenvalue weighted by atomic mass is 35.5. The molecule has 0 heterocycles. The van der Waals surface area contributed by atoms with Crippen molar-refractivity contribution in [1.29, 1.82) is 0 Å². The van der Waals surface area contributed by atoms with Crippen LogP contribution in [-0.4, -0.2) is 22.6 Å². The second-order valence-corrected chi connectivity index (χ2v) is 6.75. The first-order chi connectivity index (χ1) is 13.5. The molecule has 0 amide bonds. The molecular formula is C23H20ClNO3. The molecule has 3 aromatic rings. The van der Waals surface area contributed by atoms with Gasteiger partial charge < -0.3 is 15.5 Å². The standard InChI is InChI=1S/C23H20ClNO3/c1-15-6-2-4-8-19(15)23(28)20-11-10-17(13-21(20)24)25-22-9-5-3-7-16(22)12-18(27)14-26/h2-13,25-27H,14H2,1H3/b18-12-. The first kappa shape index (κ1) is 19.7. The summed E-state index contributed by atoms with van der Waals surface area (Å²) in [6.07, 6.45) is 1.49. The summed E-state index contributed by atoms with van der Waals surface area (Å²) in [6, 6.07) is 19.9. The van der Waals surface area contributed by atoms with Crippen molar-refractivity contribution in [2.45, 2.75) is 6.92 Å². The van der Waals surface area contributed by atoms with Gasteiger partial charge in [-0.05, 0) is 42.8 Å². The normalized spacial score (nSPS) is 11.3. The van der Waals surface area contributed by atoms with Crippen molar-refractivity contribution in [2.75, 3.05) is 11.9 Å². The SMILES string of the molecule is Cc1ccccc1C(=O)c1ccc(Nc2ccccc2/C=C(\O)CO)cc1Cl. The molecule has 0 unspecified atom stereocenters. The van der Waals surface area contributed by atoms with E-state index in [1.165, 1.54) is 6.08 Å². The van der Waals surface area contributed by atoms with E-state index >= 15 is 0 Å². The van der Waals surface area contributed by atoms with Gasteiger partial charge in [-0.1, -0.05) is 54.1 Å². The van der Waals surface area contributed by atoms with E-state index in [0.717, 1.165) is 11.3 Å². The molecule has 0 fully saturated rings. The Balaban J connectivity index is 1.88. The molecule has 0 saturated heterocycles. The number of aryl methyl sites for hydroxylation is 1. The summed E-state index contributed by atoms with van der Waals surface area (Å²) in [6.45, 7) is 1.46. The summed E-state index contributed by atoms with van der Waals surface area (Å²) in [5.74, 6) is -0.252. The van der Waals surface area contributed by atoms with Crippen LogP contribution in [0, 0.1) is 6.92 Å². The summed E-state index contributed by atoms with van der Waals surface area (Å²) in [5.41, 5.74) is 4.11. The number of aliphatic hydroxyl groups excluding tert-OH is 2. The Morgan fingerprint density at radius 1 is 1.04 bits per heavy atom. The molecule has 142 valence electrons. The van der Waals surface area contributed by atoms with Crippen LogP contribution in [0.4, 0.5) is 11.4 Å². The van der Waals surface area contributed by atoms with Crippen molar-refractivity contribution in [2.24, 2.45) is 0 Å². The summed E-state index contributed by atoms with van der Waals surface area (Å²) < 4.78 is 0. The highest BCUT2D eigenvalue weighted by molar-refractivity contribution is 6.35. The molecule has 5 heteroatoms. The molecule has 4 nitrogen and oxygen atoms in total. The lowest BCUT2D eigenvalue weighted by atomic mass is 9.99. The Labute approximate surface area is 168 Å². The van der Waals surface area contributed by atoms with E-state index in [4.69, 9.17) is 16.7 Å². The van der Waals surface area contributed by atoms with Gasteiger partial charge in [-0.3, -0.25) is 4.79 Å². The molecule has 0 aliphatic rings. The van der Waals surface area contributed by atoms with Gasteiger partial charge in [-0.15, -0.1) is 0 Å². The van der Waals surface area contributed by atoms with Gasteiger partial charge in [-0.2, -0.15) is 0 Å². The molecule has 0 aromatic heterocycles. The van der Waals surface area contributed by atoms with Crippen LogP contribution in [0.3, 0.4) is 0 Å². The fourth-order valence-corrected chi connectivity index (χ4v) is 3.13. The van der Waals surface area contributed by atoms with Gasteiger partial charge in [0.25, 0.3) is 0 Å². The second kappa shape index (κ2) is 8.74. The number of hydrogen-bond donors (Lipinski definition) is 3. The summed E-state index contributed by atoms with van der Waals surface area (Å²) in [7, 11) is 0. The number of aliphatic hydroxyl groups is 2. The highest BCUT2D eigenvalue weighted by Crippen LogP contribution is 2.28. The van der Waals surface area contributed by atoms with Gasteiger partial charge in [0, 0.05) is 28.1 Å². The Morgan fingerprint density at radius 2 is 1.75 bits per heavy atom. The molecule has 0 aliphatic heterocycles. The lowest BCUT2D eigenvalue weighted by Crippen LogP contribution is -2.05. The third kappa shape index (κ3) is 4.42. The molecule has 0 atom stereocenters.